The first-order valence-electron chi connectivity index (χ1n) is 32.9. The van der Waals surface area contributed by atoms with E-state index in [0.717, 1.165) is 25.7 Å². The van der Waals surface area contributed by atoms with Gasteiger partial charge in [0.2, 0.25) is 5.91 Å². The maximum atomic E-state index is 12.5. The van der Waals surface area contributed by atoms with E-state index in [2.05, 4.69) is 19.2 Å². The molecule has 0 aliphatic heterocycles. The first-order chi connectivity index (χ1) is 34.7. The van der Waals surface area contributed by atoms with Gasteiger partial charge in [-0.1, -0.05) is 373 Å². The summed E-state index contributed by atoms with van der Waals surface area (Å²) in [5.41, 5.74) is 0. The zero-order valence-corrected chi connectivity index (χ0v) is 48.3. The van der Waals surface area contributed by atoms with E-state index in [1.165, 1.54) is 340 Å². The Balaban J connectivity index is 3.40. The van der Waals surface area contributed by atoms with Crippen LogP contribution in [-0.4, -0.2) is 34.9 Å². The third-order valence-electron chi connectivity index (χ3n) is 15.8. The lowest BCUT2D eigenvalue weighted by atomic mass is 10.0. The fourth-order valence-corrected chi connectivity index (χ4v) is 10.8. The number of hydrogen-bond donors (Lipinski definition) is 3. The largest absolute Gasteiger partial charge is 0.394 e. The highest BCUT2D eigenvalue weighted by Crippen LogP contribution is 2.19. The Labute approximate surface area is 441 Å². The van der Waals surface area contributed by atoms with Crippen molar-refractivity contribution < 1.29 is 15.0 Å². The lowest BCUT2D eigenvalue weighted by Gasteiger charge is -2.20. The summed E-state index contributed by atoms with van der Waals surface area (Å²) in [5, 5.41) is 23.3. The van der Waals surface area contributed by atoms with Crippen molar-refractivity contribution in [3.8, 4) is 0 Å². The summed E-state index contributed by atoms with van der Waals surface area (Å²) in [6.07, 6.45) is 82.9. The van der Waals surface area contributed by atoms with Crippen molar-refractivity contribution in [3.05, 3.63) is 12.2 Å². The smallest absolute Gasteiger partial charge is 0.220 e. The van der Waals surface area contributed by atoms with Gasteiger partial charge in [-0.05, 0) is 19.3 Å². The van der Waals surface area contributed by atoms with Crippen molar-refractivity contribution in [2.24, 2.45) is 0 Å². The summed E-state index contributed by atoms with van der Waals surface area (Å²) in [6.45, 7) is 4.37. The molecule has 70 heavy (non-hydrogen) atoms. The molecule has 4 heteroatoms. The van der Waals surface area contributed by atoms with E-state index in [1.54, 1.807) is 6.08 Å². The average molecular weight is 987 g/mol. The van der Waals surface area contributed by atoms with Crippen LogP contribution in [0.15, 0.2) is 12.2 Å². The van der Waals surface area contributed by atoms with E-state index in [0.29, 0.717) is 6.42 Å². The van der Waals surface area contributed by atoms with Crippen molar-refractivity contribution in [1.29, 1.82) is 0 Å². The van der Waals surface area contributed by atoms with Gasteiger partial charge in [0, 0.05) is 6.42 Å². The Bertz CT molecular complexity index is 982. The number of unbranched alkanes of at least 4 members (excludes halogenated alkanes) is 55. The lowest BCUT2D eigenvalue weighted by Crippen LogP contribution is -2.45. The van der Waals surface area contributed by atoms with Gasteiger partial charge in [-0.3, -0.25) is 4.79 Å². The van der Waals surface area contributed by atoms with E-state index >= 15 is 0 Å². The Morgan fingerprint density at radius 3 is 0.743 bits per heavy atom. The topological polar surface area (TPSA) is 69.6 Å². The Morgan fingerprint density at radius 2 is 0.529 bits per heavy atom. The quantitative estimate of drug-likeness (QED) is 0.0420. The van der Waals surface area contributed by atoms with Gasteiger partial charge in [-0.25, -0.2) is 0 Å². The number of carbonyl (C=O) groups excluding carboxylic acids is 1. The fraction of sp³-hybridized carbons (Fsp3) is 0.955. The summed E-state index contributed by atoms with van der Waals surface area (Å²) in [4.78, 5) is 12.5. The van der Waals surface area contributed by atoms with Crippen LogP contribution in [0, 0.1) is 0 Å². The van der Waals surface area contributed by atoms with Crippen LogP contribution in [0.1, 0.15) is 386 Å². The molecule has 0 aromatic rings. The number of aliphatic hydroxyl groups excluding tert-OH is 2. The van der Waals surface area contributed by atoms with Crippen molar-refractivity contribution >= 4 is 5.91 Å². The SMILES string of the molecule is CCCCCCCCCCCCCCCCCCCCCCCCCC/C=C/C(O)C(CO)NC(=O)CCCCCCCCCCCCCCCCCCCCCCCCCCCCCCCCCC. The molecule has 2 unspecified atom stereocenters. The van der Waals surface area contributed by atoms with Gasteiger partial charge in [0.25, 0.3) is 0 Å². The summed E-state index contributed by atoms with van der Waals surface area (Å²) in [7, 11) is 0. The Hall–Kier alpha value is -0.870. The number of aliphatic hydroxyl groups is 2. The Morgan fingerprint density at radius 1 is 0.329 bits per heavy atom. The summed E-state index contributed by atoms with van der Waals surface area (Å²) >= 11 is 0. The zero-order chi connectivity index (χ0) is 50.6. The molecular weight excluding hydrogens is 855 g/mol. The van der Waals surface area contributed by atoms with Gasteiger partial charge < -0.3 is 15.5 Å². The predicted molar refractivity (Wildman–Crippen MR) is 313 cm³/mol. The minimum absolute atomic E-state index is 0.0536. The van der Waals surface area contributed by atoms with E-state index in [1.807, 2.05) is 6.08 Å². The van der Waals surface area contributed by atoms with Crippen LogP contribution >= 0.6 is 0 Å². The van der Waals surface area contributed by atoms with Crippen LogP contribution in [0.25, 0.3) is 0 Å². The van der Waals surface area contributed by atoms with Crippen LogP contribution in [0.5, 0.6) is 0 Å². The molecule has 3 N–H and O–H groups in total. The molecule has 0 spiro atoms. The second-order valence-corrected chi connectivity index (χ2v) is 22.9. The van der Waals surface area contributed by atoms with Crippen molar-refractivity contribution in [3.63, 3.8) is 0 Å². The van der Waals surface area contributed by atoms with Gasteiger partial charge in [0.1, 0.15) is 0 Å². The average Bonchev–Trinajstić information content (AvgIpc) is 3.36. The number of amides is 1. The molecule has 0 heterocycles. The highest BCUT2D eigenvalue weighted by Gasteiger charge is 2.18. The van der Waals surface area contributed by atoms with E-state index in [-0.39, 0.29) is 12.5 Å². The highest BCUT2D eigenvalue weighted by molar-refractivity contribution is 5.76. The number of allylic oxidation sites excluding steroid dienone is 1. The van der Waals surface area contributed by atoms with Gasteiger partial charge in [0.05, 0.1) is 18.8 Å². The summed E-state index contributed by atoms with van der Waals surface area (Å²) < 4.78 is 0. The zero-order valence-electron chi connectivity index (χ0n) is 48.3. The molecule has 1 amide bonds. The van der Waals surface area contributed by atoms with Crippen molar-refractivity contribution in [1.82, 2.24) is 5.32 Å². The molecule has 0 bridgehead atoms. The van der Waals surface area contributed by atoms with Gasteiger partial charge in [0.15, 0.2) is 0 Å². The van der Waals surface area contributed by atoms with Crippen LogP contribution in [0.4, 0.5) is 0 Å². The van der Waals surface area contributed by atoms with Crippen LogP contribution in [0.3, 0.4) is 0 Å². The molecule has 0 rings (SSSR count). The second kappa shape index (κ2) is 62.4. The highest BCUT2D eigenvalue weighted by atomic mass is 16.3. The predicted octanol–water partition coefficient (Wildman–Crippen LogP) is 22.0. The van der Waals surface area contributed by atoms with Crippen LogP contribution < -0.4 is 5.32 Å². The standard InChI is InChI=1S/C66H131NO3/c1-3-5-7-9-11-13-15-17-19-21-23-25-27-29-31-32-33-34-35-36-38-40-42-44-46-48-50-52-54-56-58-60-62-66(70)67-64(63-68)65(69)61-59-57-55-53-51-49-47-45-43-41-39-37-30-28-26-24-22-20-18-16-14-12-10-8-6-4-2/h59,61,64-65,68-69H,3-58,60,62-63H2,1-2H3,(H,67,70)/b61-59+. The molecule has 418 valence electrons. The molecular formula is C66H131NO3. The fourth-order valence-electron chi connectivity index (χ4n) is 10.8. The van der Waals surface area contributed by atoms with Gasteiger partial charge >= 0.3 is 0 Å². The monoisotopic (exact) mass is 986 g/mol. The molecule has 0 aliphatic rings. The second-order valence-electron chi connectivity index (χ2n) is 22.9. The third-order valence-corrected chi connectivity index (χ3v) is 15.8. The van der Waals surface area contributed by atoms with Crippen molar-refractivity contribution in [2.75, 3.05) is 6.61 Å². The normalized spacial score (nSPS) is 12.7. The summed E-state index contributed by atoms with van der Waals surface area (Å²) in [5.74, 6) is -0.0536. The number of rotatable bonds is 62. The van der Waals surface area contributed by atoms with E-state index in [4.69, 9.17) is 0 Å². The molecule has 0 saturated carbocycles. The lowest BCUT2D eigenvalue weighted by molar-refractivity contribution is -0.123. The van der Waals surface area contributed by atoms with Gasteiger partial charge in [-0.15, -0.1) is 0 Å². The van der Waals surface area contributed by atoms with E-state index < -0.39 is 12.1 Å². The molecule has 0 radical (unpaired) electrons. The maximum Gasteiger partial charge on any atom is 0.220 e. The summed E-state index contributed by atoms with van der Waals surface area (Å²) in [6, 6.07) is -0.619. The third kappa shape index (κ3) is 58.0. The molecule has 0 aromatic heterocycles. The van der Waals surface area contributed by atoms with E-state index in [9.17, 15) is 15.0 Å². The number of nitrogens with one attached hydrogen (secondary N) is 1. The number of carbonyl (C=O) groups is 1. The minimum atomic E-state index is -0.837. The van der Waals surface area contributed by atoms with Crippen molar-refractivity contribution in [2.45, 2.75) is 398 Å². The molecule has 0 saturated heterocycles. The maximum absolute atomic E-state index is 12.5. The molecule has 0 aliphatic carbocycles. The first kappa shape index (κ1) is 69.1. The van der Waals surface area contributed by atoms with Crippen LogP contribution in [-0.2, 0) is 4.79 Å². The molecule has 2 atom stereocenters. The molecule has 0 fully saturated rings. The first-order valence-corrected chi connectivity index (χ1v) is 32.9. The molecule has 0 aromatic carbocycles. The number of hydrogen-bond acceptors (Lipinski definition) is 3. The Kier molecular flexibility index (Phi) is 61.6. The van der Waals surface area contributed by atoms with Crippen LogP contribution in [0.2, 0.25) is 0 Å². The van der Waals surface area contributed by atoms with Gasteiger partial charge in [-0.2, -0.15) is 0 Å². The molecule has 4 nitrogen and oxygen atoms in total. The minimum Gasteiger partial charge on any atom is -0.394 e.